The molecule has 0 saturated heterocycles. The molecule has 0 saturated carbocycles. The number of nitrogens with one attached hydrogen (secondary N) is 3. The van der Waals surface area contributed by atoms with E-state index in [2.05, 4.69) is 16.0 Å². The van der Waals surface area contributed by atoms with Crippen molar-refractivity contribution >= 4 is 63.6 Å². The van der Waals surface area contributed by atoms with Crippen molar-refractivity contribution in [2.24, 2.45) is 0 Å². The van der Waals surface area contributed by atoms with Crippen molar-refractivity contribution in [1.29, 1.82) is 0 Å². The van der Waals surface area contributed by atoms with E-state index in [1.54, 1.807) is 55.5 Å². The van der Waals surface area contributed by atoms with Gasteiger partial charge in [0, 0.05) is 21.0 Å². The molecule has 0 spiro atoms. The number of ether oxygens (including phenoxy) is 1. The third-order valence-electron chi connectivity index (χ3n) is 7.49. The maximum Gasteiger partial charge on any atom is 0.341 e. The molecule has 46 heavy (non-hydrogen) atoms. The lowest BCUT2D eigenvalue weighted by molar-refractivity contribution is -0.115. The topological polar surface area (TPSA) is 114 Å². The molecule has 8 nitrogen and oxygen atoms in total. The summed E-state index contributed by atoms with van der Waals surface area (Å²) in [4.78, 5) is 54.2. The Balaban J connectivity index is 1.29. The Labute approximate surface area is 276 Å². The fourth-order valence-electron chi connectivity index (χ4n) is 5.06. The van der Waals surface area contributed by atoms with Crippen LogP contribution in [0.5, 0.6) is 0 Å². The summed E-state index contributed by atoms with van der Waals surface area (Å²) in [6.07, 6.45) is 5.38. The number of carbonyl (C=O) groups excluding carboxylic acids is 4. The van der Waals surface area contributed by atoms with Crippen molar-refractivity contribution in [3.8, 4) is 0 Å². The smallest absolute Gasteiger partial charge is 0.341 e. The van der Waals surface area contributed by atoms with E-state index in [1.807, 2.05) is 43.3 Å². The van der Waals surface area contributed by atoms with Crippen LogP contribution >= 0.6 is 23.1 Å². The number of benzene rings is 3. The summed E-state index contributed by atoms with van der Waals surface area (Å²) in [5.41, 5.74) is 4.30. The van der Waals surface area contributed by atoms with Crippen molar-refractivity contribution in [2.75, 3.05) is 17.7 Å². The molecule has 0 aliphatic heterocycles. The van der Waals surface area contributed by atoms with Gasteiger partial charge in [-0.2, -0.15) is 0 Å². The van der Waals surface area contributed by atoms with Crippen molar-refractivity contribution in [3.63, 3.8) is 0 Å². The van der Waals surface area contributed by atoms with Crippen LogP contribution in [0.3, 0.4) is 0 Å². The number of fused-ring (bicyclic) bond motifs is 1. The van der Waals surface area contributed by atoms with E-state index in [9.17, 15) is 19.2 Å². The molecular weight excluding hydrogens is 619 g/mol. The Kier molecular flexibility index (Phi) is 10.7. The summed E-state index contributed by atoms with van der Waals surface area (Å²) >= 11 is 2.78. The molecule has 3 amide bonds. The van der Waals surface area contributed by atoms with Crippen LogP contribution in [0.4, 0.5) is 10.7 Å². The molecule has 236 valence electrons. The summed E-state index contributed by atoms with van der Waals surface area (Å²) in [5, 5.41) is 8.63. The van der Waals surface area contributed by atoms with E-state index in [0.29, 0.717) is 21.8 Å². The Bertz CT molecular complexity index is 1780. The lowest BCUT2D eigenvalue weighted by atomic mass is 9.95. The molecule has 1 aromatic heterocycles. The highest BCUT2D eigenvalue weighted by molar-refractivity contribution is 8.00. The second kappa shape index (κ2) is 15.1. The zero-order valence-corrected chi connectivity index (χ0v) is 27.5. The first-order valence-electron chi connectivity index (χ1n) is 15.0. The number of thioether (sulfide) groups is 1. The molecule has 1 atom stereocenters. The summed E-state index contributed by atoms with van der Waals surface area (Å²) in [6.45, 7) is 3.76. The number of hydrogen-bond donors (Lipinski definition) is 3. The van der Waals surface area contributed by atoms with Gasteiger partial charge in [-0.25, -0.2) is 4.79 Å². The maximum atomic E-state index is 13.5. The lowest BCUT2D eigenvalue weighted by Crippen LogP contribution is -2.30. The van der Waals surface area contributed by atoms with E-state index in [0.717, 1.165) is 52.1 Å². The molecular formula is C36H35N3O5S2. The normalized spacial score (nSPS) is 13.2. The number of hydrogen-bond acceptors (Lipinski definition) is 7. The van der Waals surface area contributed by atoms with Gasteiger partial charge in [-0.15, -0.1) is 23.1 Å². The molecule has 0 bridgehead atoms. The number of rotatable bonds is 10. The Morgan fingerprint density at radius 3 is 2.39 bits per heavy atom. The van der Waals surface area contributed by atoms with Gasteiger partial charge in [-0.1, -0.05) is 54.1 Å². The summed E-state index contributed by atoms with van der Waals surface area (Å²) in [7, 11) is 1.35. The molecule has 5 rings (SSSR count). The highest BCUT2D eigenvalue weighted by atomic mass is 32.2. The third-order valence-corrected chi connectivity index (χ3v) is 9.79. The van der Waals surface area contributed by atoms with Crippen molar-refractivity contribution in [3.05, 3.63) is 117 Å². The zero-order chi connectivity index (χ0) is 32.6. The Morgan fingerprint density at radius 2 is 1.65 bits per heavy atom. The molecule has 1 heterocycles. The minimum Gasteiger partial charge on any atom is -0.465 e. The highest BCUT2D eigenvalue weighted by Crippen LogP contribution is 2.39. The third kappa shape index (κ3) is 8.13. The standard InChI is InChI=1S/C36H35N3O5S2/c1-22-16-18-24(19-17-22)20-29(38-33(41)25-10-5-4-6-11-25)34(42)37-26-12-9-13-27(21-26)45-23(2)32(40)39-35-31(36(43)44-3)28-14-7-8-15-30(28)46-35/h4-6,9-13,16-21,23H,7-8,14-15H2,1-3H3,(H,37,42)(H,38,41)(H,39,40)/b29-20-. The van der Waals surface area contributed by atoms with E-state index in [1.165, 1.54) is 30.2 Å². The van der Waals surface area contributed by atoms with Crippen LogP contribution in [0, 0.1) is 6.92 Å². The quantitative estimate of drug-likeness (QED) is 0.0944. The number of thiophene rings is 1. The second-order valence-corrected chi connectivity index (χ2v) is 13.4. The van der Waals surface area contributed by atoms with Gasteiger partial charge in [-0.05, 0) is 87.1 Å². The van der Waals surface area contributed by atoms with Gasteiger partial charge < -0.3 is 20.7 Å². The predicted molar refractivity (Wildman–Crippen MR) is 184 cm³/mol. The Morgan fingerprint density at radius 1 is 0.913 bits per heavy atom. The number of methoxy groups -OCH3 is 1. The monoisotopic (exact) mass is 653 g/mol. The van der Waals surface area contributed by atoms with Crippen LogP contribution in [0.2, 0.25) is 0 Å². The first kappa shape index (κ1) is 32.7. The first-order chi connectivity index (χ1) is 22.2. The van der Waals surface area contributed by atoms with Crippen LogP contribution in [-0.2, 0) is 27.2 Å². The SMILES string of the molecule is COC(=O)c1c(NC(=O)C(C)Sc2cccc(NC(=O)/C(=C/c3ccc(C)cc3)NC(=O)c3ccccc3)c2)sc2c1CCCC2. The molecule has 1 aliphatic rings. The summed E-state index contributed by atoms with van der Waals surface area (Å²) in [5.74, 6) is -1.57. The summed E-state index contributed by atoms with van der Waals surface area (Å²) in [6, 6.07) is 23.5. The van der Waals surface area contributed by atoms with Gasteiger partial charge >= 0.3 is 5.97 Å². The van der Waals surface area contributed by atoms with E-state index in [4.69, 9.17) is 4.74 Å². The molecule has 10 heteroatoms. The molecule has 0 fully saturated rings. The number of esters is 1. The molecule has 0 radical (unpaired) electrons. The van der Waals surface area contributed by atoms with Gasteiger partial charge in [0.15, 0.2) is 0 Å². The molecule has 4 aromatic rings. The van der Waals surface area contributed by atoms with Crippen LogP contribution in [-0.4, -0.2) is 36.1 Å². The van der Waals surface area contributed by atoms with Crippen LogP contribution in [0.15, 0.2) is 89.5 Å². The minimum atomic E-state index is -0.502. The van der Waals surface area contributed by atoms with Crippen LogP contribution < -0.4 is 16.0 Å². The zero-order valence-electron chi connectivity index (χ0n) is 25.8. The van der Waals surface area contributed by atoms with Crippen molar-refractivity contribution in [2.45, 2.75) is 49.7 Å². The Hall–Kier alpha value is -4.67. The second-order valence-electron chi connectivity index (χ2n) is 10.9. The fraction of sp³-hybridized carbons (Fsp3) is 0.222. The van der Waals surface area contributed by atoms with Gasteiger partial charge in [0.25, 0.3) is 11.8 Å². The summed E-state index contributed by atoms with van der Waals surface area (Å²) < 4.78 is 5.03. The van der Waals surface area contributed by atoms with Crippen molar-refractivity contribution in [1.82, 2.24) is 5.32 Å². The molecule has 3 N–H and O–H groups in total. The molecule has 1 unspecified atom stereocenters. The fourth-order valence-corrected chi connectivity index (χ4v) is 7.27. The number of amides is 3. The van der Waals surface area contributed by atoms with Crippen LogP contribution in [0.25, 0.3) is 6.08 Å². The number of aryl methyl sites for hydroxylation is 2. The largest absolute Gasteiger partial charge is 0.465 e. The average molecular weight is 654 g/mol. The minimum absolute atomic E-state index is 0.0866. The van der Waals surface area contributed by atoms with Gasteiger partial charge in [0.2, 0.25) is 5.91 Å². The number of carbonyl (C=O) groups is 4. The van der Waals surface area contributed by atoms with Gasteiger partial charge in [0.1, 0.15) is 10.7 Å². The van der Waals surface area contributed by atoms with Crippen LogP contribution in [0.1, 0.15) is 62.0 Å². The molecule has 3 aromatic carbocycles. The maximum absolute atomic E-state index is 13.5. The van der Waals surface area contributed by atoms with Gasteiger partial charge in [-0.3, -0.25) is 14.4 Å². The molecule has 1 aliphatic carbocycles. The van der Waals surface area contributed by atoms with Gasteiger partial charge in [0.05, 0.1) is 17.9 Å². The predicted octanol–water partition coefficient (Wildman–Crippen LogP) is 7.25. The van der Waals surface area contributed by atoms with Crippen molar-refractivity contribution < 1.29 is 23.9 Å². The van der Waals surface area contributed by atoms with E-state index >= 15 is 0 Å². The number of anilines is 2. The average Bonchev–Trinajstić information content (AvgIpc) is 3.43. The lowest BCUT2D eigenvalue weighted by Gasteiger charge is -2.14. The first-order valence-corrected chi connectivity index (χ1v) is 16.7. The van der Waals surface area contributed by atoms with E-state index < -0.39 is 23.0 Å². The van der Waals surface area contributed by atoms with E-state index in [-0.39, 0.29) is 11.6 Å². The highest BCUT2D eigenvalue weighted by Gasteiger charge is 2.28.